The lowest BCUT2D eigenvalue weighted by Gasteiger charge is -2.32. The van der Waals surface area contributed by atoms with Crippen molar-refractivity contribution in [1.29, 1.82) is 0 Å². The highest BCUT2D eigenvalue weighted by Gasteiger charge is 2.32. The monoisotopic (exact) mass is 527 g/mol. The van der Waals surface area contributed by atoms with E-state index in [1.165, 1.54) is 5.56 Å². The van der Waals surface area contributed by atoms with E-state index in [0.717, 1.165) is 54.5 Å². The molecule has 1 aliphatic rings. The van der Waals surface area contributed by atoms with E-state index in [4.69, 9.17) is 42.3 Å². The number of halogens is 2. The first kappa shape index (κ1) is 22.3. The molecule has 5 nitrogen and oxygen atoms in total. The number of hydrogen-bond donors (Lipinski definition) is 0. The first-order valence-corrected chi connectivity index (χ1v) is 13.3. The van der Waals surface area contributed by atoms with E-state index >= 15 is 0 Å². The van der Waals surface area contributed by atoms with Crippen LogP contribution in [0.3, 0.4) is 0 Å². The number of hydrogen-bond acceptors (Lipinski definition) is 7. The van der Waals surface area contributed by atoms with Gasteiger partial charge in [0.15, 0.2) is 5.76 Å². The summed E-state index contributed by atoms with van der Waals surface area (Å²) in [5, 5.41) is 3.29. The van der Waals surface area contributed by atoms with Crippen molar-refractivity contribution in [2.45, 2.75) is 43.3 Å². The molecule has 0 radical (unpaired) electrons. The van der Waals surface area contributed by atoms with Gasteiger partial charge in [-0.3, -0.25) is 0 Å². The third-order valence-corrected chi connectivity index (χ3v) is 8.90. The summed E-state index contributed by atoms with van der Waals surface area (Å²) in [5.74, 6) is 1.36. The van der Waals surface area contributed by atoms with E-state index in [2.05, 4.69) is 18.8 Å². The average molecular weight is 528 g/mol. The lowest BCUT2D eigenvalue weighted by molar-refractivity contribution is -0.0395. The number of rotatable bonds is 4. The summed E-state index contributed by atoms with van der Waals surface area (Å²) < 4.78 is 12.9. The second kappa shape index (κ2) is 8.50. The van der Waals surface area contributed by atoms with Gasteiger partial charge in [0.05, 0.1) is 28.7 Å². The number of thioether (sulfide) groups is 1. The maximum atomic E-state index is 6.39. The highest BCUT2D eigenvalue weighted by molar-refractivity contribution is 7.98. The molecular formula is C25H19Cl2N3O2S2. The second-order valence-corrected chi connectivity index (χ2v) is 11.5. The minimum Gasteiger partial charge on any atom is -0.463 e. The third-order valence-electron chi connectivity index (χ3n) is 5.97. The number of pyridine rings is 1. The van der Waals surface area contributed by atoms with Gasteiger partial charge in [-0.1, -0.05) is 41.0 Å². The van der Waals surface area contributed by atoms with E-state index in [0.29, 0.717) is 22.4 Å². The molecule has 0 unspecified atom stereocenters. The Bertz CT molecular complexity index is 1530. The summed E-state index contributed by atoms with van der Waals surface area (Å²) in [6.45, 7) is 4.72. The van der Waals surface area contributed by atoms with E-state index in [9.17, 15) is 0 Å². The van der Waals surface area contributed by atoms with Crippen molar-refractivity contribution in [2.24, 2.45) is 0 Å². The Hall–Kier alpha value is -2.16. The molecule has 0 aliphatic carbocycles. The Morgan fingerprint density at radius 2 is 1.91 bits per heavy atom. The minimum absolute atomic E-state index is 0.276. The number of benzene rings is 1. The van der Waals surface area contributed by atoms with Crippen LogP contribution in [-0.2, 0) is 23.5 Å². The number of nitrogens with zero attached hydrogens (tertiary/aromatic N) is 3. The van der Waals surface area contributed by atoms with Gasteiger partial charge < -0.3 is 9.15 Å². The Balaban J connectivity index is 1.52. The van der Waals surface area contributed by atoms with Crippen LogP contribution in [0.2, 0.25) is 10.0 Å². The predicted octanol–water partition coefficient (Wildman–Crippen LogP) is 7.95. The van der Waals surface area contributed by atoms with Crippen LogP contribution in [0.4, 0.5) is 0 Å². The molecule has 0 fully saturated rings. The van der Waals surface area contributed by atoms with E-state index in [1.807, 2.05) is 30.3 Å². The molecule has 0 atom stereocenters. The van der Waals surface area contributed by atoms with Gasteiger partial charge in [-0.2, -0.15) is 0 Å². The van der Waals surface area contributed by atoms with Gasteiger partial charge in [-0.05, 0) is 49.2 Å². The summed E-state index contributed by atoms with van der Waals surface area (Å²) in [4.78, 5) is 15.2. The average Bonchev–Trinajstić information content (AvgIpc) is 3.46. The van der Waals surface area contributed by atoms with Crippen molar-refractivity contribution in [2.75, 3.05) is 0 Å². The topological polar surface area (TPSA) is 61.0 Å². The first-order valence-electron chi connectivity index (χ1n) is 10.7. The molecule has 0 bridgehead atoms. The molecule has 0 saturated carbocycles. The van der Waals surface area contributed by atoms with Gasteiger partial charge in [-0.15, -0.1) is 11.3 Å². The molecule has 0 spiro atoms. The normalized spacial score (nSPS) is 15.2. The number of aromatic nitrogens is 3. The Labute approximate surface area is 214 Å². The molecule has 34 heavy (non-hydrogen) atoms. The lowest BCUT2D eigenvalue weighted by atomic mass is 9.89. The van der Waals surface area contributed by atoms with Crippen molar-refractivity contribution < 1.29 is 9.15 Å². The molecular weight excluding hydrogens is 509 g/mol. The number of thiophene rings is 1. The van der Waals surface area contributed by atoms with Crippen LogP contribution in [0.1, 0.15) is 30.5 Å². The summed E-state index contributed by atoms with van der Waals surface area (Å²) in [7, 11) is 0. The molecule has 1 aliphatic heterocycles. The molecule has 0 saturated heterocycles. The van der Waals surface area contributed by atoms with Crippen molar-refractivity contribution in [3.8, 4) is 11.5 Å². The van der Waals surface area contributed by atoms with E-state index in [1.54, 1.807) is 35.7 Å². The zero-order valence-corrected chi connectivity index (χ0v) is 21.5. The maximum Gasteiger partial charge on any atom is 0.152 e. The van der Waals surface area contributed by atoms with Crippen LogP contribution >= 0.6 is 46.3 Å². The zero-order chi connectivity index (χ0) is 23.4. The highest BCUT2D eigenvalue weighted by Crippen LogP contribution is 2.45. The Morgan fingerprint density at radius 3 is 2.68 bits per heavy atom. The van der Waals surface area contributed by atoms with Crippen LogP contribution < -0.4 is 0 Å². The van der Waals surface area contributed by atoms with E-state index in [-0.39, 0.29) is 5.60 Å². The van der Waals surface area contributed by atoms with Crippen LogP contribution in [0, 0.1) is 0 Å². The van der Waals surface area contributed by atoms with Gasteiger partial charge >= 0.3 is 0 Å². The molecule has 0 amide bonds. The third kappa shape index (κ3) is 3.80. The molecule has 4 aromatic heterocycles. The fourth-order valence-electron chi connectivity index (χ4n) is 4.32. The van der Waals surface area contributed by atoms with Crippen molar-refractivity contribution in [3.05, 3.63) is 69.7 Å². The summed E-state index contributed by atoms with van der Waals surface area (Å²) in [5.41, 5.74) is 4.68. The van der Waals surface area contributed by atoms with Crippen LogP contribution in [0.15, 0.2) is 52.4 Å². The van der Waals surface area contributed by atoms with Gasteiger partial charge in [0.1, 0.15) is 21.9 Å². The SMILES string of the molecule is CC1(C)Cc2c(c(-c3ccco3)nc3sc4c(SCc5c(Cl)cccc5Cl)ncnc4c23)CO1. The van der Waals surface area contributed by atoms with Crippen molar-refractivity contribution in [3.63, 3.8) is 0 Å². The lowest BCUT2D eigenvalue weighted by Crippen LogP contribution is -2.32. The predicted molar refractivity (Wildman–Crippen MR) is 139 cm³/mol. The fourth-order valence-corrected chi connectivity index (χ4v) is 7.29. The smallest absolute Gasteiger partial charge is 0.152 e. The van der Waals surface area contributed by atoms with Crippen LogP contribution in [-0.4, -0.2) is 20.6 Å². The highest BCUT2D eigenvalue weighted by atomic mass is 35.5. The van der Waals surface area contributed by atoms with Crippen LogP contribution in [0.25, 0.3) is 31.9 Å². The molecule has 6 rings (SSSR count). The number of ether oxygens (including phenoxy) is 1. The Morgan fingerprint density at radius 1 is 1.09 bits per heavy atom. The summed E-state index contributed by atoms with van der Waals surface area (Å²) in [6, 6.07) is 9.38. The first-order chi connectivity index (χ1) is 16.4. The maximum absolute atomic E-state index is 6.39. The molecule has 172 valence electrons. The van der Waals surface area contributed by atoms with Gasteiger partial charge in [0.2, 0.25) is 0 Å². The van der Waals surface area contributed by atoms with Crippen molar-refractivity contribution in [1.82, 2.24) is 15.0 Å². The van der Waals surface area contributed by atoms with Gasteiger partial charge in [-0.25, -0.2) is 15.0 Å². The Kier molecular flexibility index (Phi) is 5.58. The molecule has 0 N–H and O–H groups in total. The molecule has 1 aromatic carbocycles. The number of furan rings is 1. The van der Waals surface area contributed by atoms with Crippen molar-refractivity contribution >= 4 is 66.7 Å². The van der Waals surface area contributed by atoms with Gasteiger partial charge in [0.25, 0.3) is 0 Å². The van der Waals surface area contributed by atoms with Gasteiger partial charge in [0, 0.05) is 33.2 Å². The summed E-state index contributed by atoms with van der Waals surface area (Å²) in [6.07, 6.45) is 4.07. The second-order valence-electron chi connectivity index (χ2n) is 8.75. The largest absolute Gasteiger partial charge is 0.463 e. The quantitative estimate of drug-likeness (QED) is 0.174. The molecule has 5 aromatic rings. The zero-order valence-electron chi connectivity index (χ0n) is 18.4. The van der Waals surface area contributed by atoms with Crippen LogP contribution in [0.5, 0.6) is 0 Å². The summed E-state index contributed by atoms with van der Waals surface area (Å²) >= 11 is 16.0. The molecule has 5 heterocycles. The van der Waals surface area contributed by atoms with E-state index < -0.39 is 0 Å². The standard InChI is InChI=1S/C25H19Cl2N3O2S2/c1-25(2)9-13-14(10-32-25)20(18-7-4-8-31-18)30-23-19(13)21-22(34-23)24(29-12-28-21)33-11-15-16(26)5-3-6-17(15)27/h3-8,12H,9-11H2,1-2H3. The minimum atomic E-state index is -0.276. The molecule has 9 heteroatoms. The number of fused-ring (bicyclic) bond motifs is 5. The fraction of sp³-hybridized carbons (Fsp3) is 0.240.